The van der Waals surface area contributed by atoms with Crippen molar-refractivity contribution < 1.29 is 33.6 Å². The van der Waals surface area contributed by atoms with Gasteiger partial charge in [0.05, 0.1) is 0 Å². The van der Waals surface area contributed by atoms with Gasteiger partial charge in [-0.25, -0.2) is 0 Å². The van der Waals surface area contributed by atoms with Gasteiger partial charge >= 0.3 is 0 Å². The summed E-state index contributed by atoms with van der Waals surface area (Å²) >= 11 is 0. The van der Waals surface area contributed by atoms with Crippen molar-refractivity contribution in [1.29, 1.82) is 0 Å². The quantitative estimate of drug-likeness (QED) is 0.0704. The Morgan fingerprint density at radius 2 is 0.829 bits per heavy atom. The molecule has 15 heteroatoms. The Balaban J connectivity index is 0.950. The highest BCUT2D eigenvalue weighted by Gasteiger charge is 2.41. The van der Waals surface area contributed by atoms with Gasteiger partial charge < -0.3 is 36.0 Å². The number of rotatable bonds is 13. The van der Waals surface area contributed by atoms with Gasteiger partial charge in [-0.2, -0.15) is 0 Å². The molecule has 0 spiro atoms. The van der Waals surface area contributed by atoms with Gasteiger partial charge in [-0.1, -0.05) is 159 Å². The minimum atomic E-state index is -1.03. The molecule has 3 aliphatic carbocycles. The fourth-order valence-electron chi connectivity index (χ4n) is 13.0. The van der Waals surface area contributed by atoms with Gasteiger partial charge in [0.15, 0.2) is 0 Å². The third-order valence-corrected chi connectivity index (χ3v) is 20.3. The van der Waals surface area contributed by atoms with Crippen LogP contribution in [-0.2, 0) is 41.6 Å². The molecule has 3 saturated carbocycles. The molecule has 6 bridgehead atoms. The topological polar surface area (TPSA) is 177 Å². The molecule has 1 heterocycles. The van der Waals surface area contributed by atoms with Crippen molar-refractivity contribution >= 4 is 65.2 Å². The molecule has 5 aromatic rings. The predicted molar refractivity (Wildman–Crippen MR) is 323 cm³/mol. The van der Waals surface area contributed by atoms with Crippen molar-refractivity contribution in [2.24, 2.45) is 17.8 Å². The molecule has 7 amide bonds. The van der Waals surface area contributed by atoms with Gasteiger partial charge in [-0.3, -0.25) is 33.6 Å². The maximum atomic E-state index is 15.0. The van der Waals surface area contributed by atoms with Crippen molar-refractivity contribution in [2.75, 3.05) is 27.7 Å². The molecule has 0 aromatic heterocycles. The van der Waals surface area contributed by atoms with Crippen LogP contribution < -0.4 is 37.2 Å². The number of nitrogens with one attached hydrogen (secondary N) is 4. The van der Waals surface area contributed by atoms with Crippen molar-refractivity contribution in [3.63, 3.8) is 0 Å². The second-order valence-corrected chi connectivity index (χ2v) is 25.4. The number of hydrogen-bond donors (Lipinski definition) is 4. The molecule has 4 N–H and O–H groups in total. The monoisotopic (exact) mass is 1130 g/mol. The van der Waals surface area contributed by atoms with E-state index in [1.165, 1.54) is 0 Å². The summed E-state index contributed by atoms with van der Waals surface area (Å²) < 4.78 is 0. The minimum absolute atomic E-state index is 0.177. The lowest BCUT2D eigenvalue weighted by atomic mass is 9.83. The van der Waals surface area contributed by atoms with Crippen molar-refractivity contribution in [1.82, 2.24) is 36.0 Å². The van der Waals surface area contributed by atoms with Crippen LogP contribution in [0.3, 0.4) is 0 Å². The first-order valence-corrected chi connectivity index (χ1v) is 31.2. The summed E-state index contributed by atoms with van der Waals surface area (Å²) in [5.74, 6) is -2.96. The number of benzene rings is 5. The second-order valence-electron chi connectivity index (χ2n) is 23.2. The zero-order valence-corrected chi connectivity index (χ0v) is 48.8. The Bertz CT molecular complexity index is 2890. The molecular weight excluding hydrogens is 1050 g/mol. The molecule has 0 unspecified atom stereocenters. The largest absolute Gasteiger partial charge is 0.352 e. The van der Waals surface area contributed by atoms with Crippen molar-refractivity contribution in [3.8, 4) is 0 Å². The van der Waals surface area contributed by atoms with Crippen LogP contribution in [0.5, 0.6) is 0 Å². The number of likely N-dealkylation sites (N-methyl/N-ethyl adjacent to an activating group) is 3. The lowest BCUT2D eigenvalue weighted by Gasteiger charge is -2.39. The van der Waals surface area contributed by atoms with E-state index in [1.54, 1.807) is 35.8 Å². The highest BCUT2D eigenvalue weighted by atomic mass is 31.1. The summed E-state index contributed by atoms with van der Waals surface area (Å²) in [6.45, 7) is 0.354. The van der Waals surface area contributed by atoms with E-state index in [-0.39, 0.29) is 72.3 Å². The maximum absolute atomic E-state index is 15.0. The van der Waals surface area contributed by atoms with E-state index >= 15 is 0 Å². The summed E-state index contributed by atoms with van der Waals surface area (Å²) in [5.41, 5.74) is 2.41. The van der Waals surface area contributed by atoms with Crippen LogP contribution in [0.15, 0.2) is 146 Å². The average molecular weight is 1130 g/mol. The maximum Gasteiger partial charge on any atom is 0.251 e. The lowest BCUT2D eigenvalue weighted by molar-refractivity contribution is -0.142. The molecule has 432 valence electrons. The number of nitrogens with zero attached hydrogens (tertiary/aromatic N) is 3. The third kappa shape index (κ3) is 15.1. The van der Waals surface area contributed by atoms with E-state index in [2.05, 4.69) is 45.5 Å². The van der Waals surface area contributed by atoms with E-state index in [0.29, 0.717) is 102 Å². The minimum Gasteiger partial charge on any atom is -0.352 e. The zero-order chi connectivity index (χ0) is 57.5. The van der Waals surface area contributed by atoms with Gasteiger partial charge in [0, 0.05) is 82.0 Å². The van der Waals surface area contributed by atoms with Gasteiger partial charge in [-0.05, 0) is 118 Å². The average Bonchev–Trinajstić information content (AvgIpc) is 3.68. The van der Waals surface area contributed by atoms with Crippen LogP contribution in [0.25, 0.3) is 0 Å². The first kappa shape index (κ1) is 59.4. The standard InChI is InChI=1S/C67H82N7O7P/c1-72-51-30-21-28-49(44-51)62(76)70-59(42-47-25-10-5-11-26-47)67(81)74(3)53-32-22-29-50(45-53)63(77)71-58(41-46-23-8-4-9-24-46)66(80)73(2)52-31-20-27-48(43-52)61(75)69-57(65(72)79)38-18-19-40-68-64(78)56-37-16-17-39-60(56)82(54-33-12-6-13-34-54)55-35-14-7-15-36-55/h4-17,23-26,33-37,39,48-53,57-59H,18-22,27-32,38,40-45H2,1-3H3,(H,68,78)(H,69,75)(H,70,76)(H,71,77)/t48-,49-,50-,51+,52+,53+,57-,58-,59-/m0/s1. The van der Waals surface area contributed by atoms with E-state index in [0.717, 1.165) is 33.5 Å². The zero-order valence-electron chi connectivity index (χ0n) is 47.9. The van der Waals surface area contributed by atoms with Gasteiger partial charge in [0.2, 0.25) is 35.4 Å². The van der Waals surface area contributed by atoms with E-state index in [9.17, 15) is 33.6 Å². The molecule has 5 aromatic carbocycles. The fraction of sp³-hybridized carbons (Fsp3) is 0.448. The summed E-state index contributed by atoms with van der Waals surface area (Å²) in [4.78, 5) is 107. The molecule has 9 rings (SSSR count). The Morgan fingerprint density at radius 1 is 0.463 bits per heavy atom. The lowest BCUT2D eigenvalue weighted by Crippen LogP contribution is -2.56. The normalized spacial score (nSPS) is 25.4. The van der Waals surface area contributed by atoms with Crippen molar-refractivity contribution in [3.05, 3.63) is 162 Å². The number of unbranched alkanes of at least 4 members (excludes halogenated alkanes) is 1. The third-order valence-electron chi connectivity index (χ3n) is 17.8. The summed E-state index contributed by atoms with van der Waals surface area (Å²) in [7, 11) is 4.28. The summed E-state index contributed by atoms with van der Waals surface area (Å²) in [6, 6.07) is 44.1. The summed E-state index contributed by atoms with van der Waals surface area (Å²) in [6.07, 6.45) is 9.17. The Labute approximate surface area is 485 Å². The summed E-state index contributed by atoms with van der Waals surface area (Å²) in [5, 5.41) is 15.9. The predicted octanol–water partition coefficient (Wildman–Crippen LogP) is 7.35. The first-order valence-electron chi connectivity index (χ1n) is 29.9. The Kier molecular flexibility index (Phi) is 20.8. The van der Waals surface area contributed by atoms with E-state index in [1.807, 2.05) is 121 Å². The molecular formula is C67H82N7O7P. The Hall–Kier alpha value is -7.18. The number of carbonyl (C=O) groups excluding carboxylic acids is 7. The van der Waals surface area contributed by atoms with Crippen LogP contribution in [0.1, 0.15) is 118 Å². The smallest absolute Gasteiger partial charge is 0.251 e. The Morgan fingerprint density at radius 3 is 1.26 bits per heavy atom. The number of carbonyl (C=O) groups is 7. The number of fused-ring (bicyclic) bond motifs is 6. The SMILES string of the molecule is CN1C(=O)[C@H](CCCCNC(=O)c2ccccc2P(c2ccccc2)c2ccccc2)NC(=O)[C@H]2CCC[C@H](C2)N(C)C(=O)[C@H](Cc2ccccc2)NC(=O)[C@H]2CCC[C@H](C2)N(C)C(=O)[C@H](Cc2ccccc2)NC(=O)[C@H]2CCC[C@@H]1C2. The van der Waals surface area contributed by atoms with Gasteiger partial charge in [-0.15, -0.1) is 0 Å². The van der Waals surface area contributed by atoms with E-state index in [4.69, 9.17) is 0 Å². The molecule has 4 aliphatic rings. The molecule has 14 nitrogen and oxygen atoms in total. The molecule has 0 radical (unpaired) electrons. The molecule has 1 aliphatic heterocycles. The molecule has 82 heavy (non-hydrogen) atoms. The van der Waals surface area contributed by atoms with Crippen LogP contribution in [0.4, 0.5) is 0 Å². The molecule has 9 atom stereocenters. The second kappa shape index (κ2) is 28.7. The van der Waals surface area contributed by atoms with Crippen molar-refractivity contribution in [2.45, 2.75) is 145 Å². The molecule has 4 fully saturated rings. The number of hydrogen-bond acceptors (Lipinski definition) is 7. The van der Waals surface area contributed by atoms with Crippen LogP contribution >= 0.6 is 7.92 Å². The van der Waals surface area contributed by atoms with Gasteiger partial charge in [0.1, 0.15) is 18.1 Å². The van der Waals surface area contributed by atoms with Crippen LogP contribution in [0.2, 0.25) is 0 Å². The van der Waals surface area contributed by atoms with Crippen LogP contribution in [-0.4, -0.2) is 120 Å². The van der Waals surface area contributed by atoms with Gasteiger partial charge in [0.25, 0.3) is 5.91 Å². The number of amides is 7. The molecule has 1 saturated heterocycles. The highest BCUT2D eigenvalue weighted by Crippen LogP contribution is 2.35. The highest BCUT2D eigenvalue weighted by molar-refractivity contribution is 7.80. The first-order chi connectivity index (χ1) is 39.8. The fourth-order valence-corrected chi connectivity index (χ4v) is 15.4. The van der Waals surface area contributed by atoms with E-state index < -0.39 is 43.8 Å². The van der Waals surface area contributed by atoms with Crippen LogP contribution in [0, 0.1) is 17.8 Å².